The lowest BCUT2D eigenvalue weighted by molar-refractivity contribution is 0.0996. The Bertz CT molecular complexity index is 949. The predicted molar refractivity (Wildman–Crippen MR) is 94.6 cm³/mol. The van der Waals surface area contributed by atoms with Crippen molar-refractivity contribution in [3.05, 3.63) is 71.4 Å². The van der Waals surface area contributed by atoms with E-state index in [-0.39, 0.29) is 5.91 Å². The second kappa shape index (κ2) is 5.13. The summed E-state index contributed by atoms with van der Waals surface area (Å²) in [7, 11) is 2.03. The quantitative estimate of drug-likeness (QED) is 0.690. The van der Waals surface area contributed by atoms with Crippen LogP contribution in [0.25, 0.3) is 17.0 Å². The van der Waals surface area contributed by atoms with Crippen LogP contribution in [-0.4, -0.2) is 10.5 Å². The molecule has 2 heterocycles. The van der Waals surface area contributed by atoms with E-state index in [2.05, 4.69) is 34.9 Å². The van der Waals surface area contributed by atoms with E-state index in [1.807, 2.05) is 49.4 Å². The van der Waals surface area contributed by atoms with E-state index in [0.717, 1.165) is 27.8 Å². The van der Waals surface area contributed by atoms with E-state index in [1.165, 1.54) is 5.52 Å². The van der Waals surface area contributed by atoms with Gasteiger partial charge in [0.1, 0.15) is 0 Å². The molecule has 0 fully saturated rings. The largest absolute Gasteiger partial charge is 0.351 e. The first-order chi connectivity index (χ1) is 11.2. The maximum atomic E-state index is 12.8. The number of aryl methyl sites for hydroxylation is 1. The maximum absolute atomic E-state index is 12.8. The molecule has 0 atom stereocenters. The van der Waals surface area contributed by atoms with Crippen molar-refractivity contribution in [2.24, 2.45) is 7.05 Å². The van der Waals surface area contributed by atoms with Gasteiger partial charge in [0.25, 0.3) is 5.91 Å². The van der Waals surface area contributed by atoms with E-state index < -0.39 is 0 Å². The molecule has 23 heavy (non-hydrogen) atoms. The number of hydrogen-bond donors (Lipinski definition) is 0. The first-order valence-corrected chi connectivity index (χ1v) is 7.80. The highest BCUT2D eigenvalue weighted by Gasteiger charge is 2.28. The number of carbonyl (C=O) groups excluding carboxylic acids is 1. The van der Waals surface area contributed by atoms with E-state index in [4.69, 9.17) is 0 Å². The molecule has 1 amide bonds. The molecule has 0 N–H and O–H groups in total. The molecule has 0 radical (unpaired) electrons. The summed E-state index contributed by atoms with van der Waals surface area (Å²) in [5, 5.41) is 1.16. The molecule has 2 aromatic carbocycles. The summed E-state index contributed by atoms with van der Waals surface area (Å²) in [6.45, 7) is 2.62. The Morgan fingerprint density at radius 2 is 1.96 bits per heavy atom. The average Bonchev–Trinajstić information content (AvgIpc) is 3.09. The summed E-state index contributed by atoms with van der Waals surface area (Å²) in [5.41, 5.74) is 5.11. The Balaban J connectivity index is 1.73. The molecule has 0 unspecified atom stereocenters. The molecular weight excluding hydrogens is 284 g/mol. The Labute approximate surface area is 135 Å². The normalized spacial score (nSPS) is 14.2. The van der Waals surface area contributed by atoms with Crippen molar-refractivity contribution in [2.45, 2.75) is 13.5 Å². The smallest absolute Gasteiger partial charge is 0.258 e. The first kappa shape index (κ1) is 13.8. The third-order valence-corrected chi connectivity index (χ3v) is 4.48. The van der Waals surface area contributed by atoms with Gasteiger partial charge in [-0.05, 0) is 48.4 Å². The van der Waals surface area contributed by atoms with Gasteiger partial charge in [-0.15, -0.1) is 0 Å². The van der Waals surface area contributed by atoms with Gasteiger partial charge in [0.05, 0.1) is 6.54 Å². The average molecular weight is 302 g/mol. The van der Waals surface area contributed by atoms with Crippen LogP contribution in [0.5, 0.6) is 0 Å². The molecule has 0 saturated carbocycles. The molecule has 0 spiro atoms. The number of allylic oxidation sites excluding steroid dienone is 1. The number of hydrogen-bond acceptors (Lipinski definition) is 1. The minimum atomic E-state index is 0.0848. The van der Waals surface area contributed by atoms with Gasteiger partial charge in [-0.1, -0.05) is 24.3 Å². The Kier molecular flexibility index (Phi) is 3.08. The number of benzene rings is 2. The SMILES string of the molecule is C/C=C/c1ccc2c(c1)C(=O)N(c1ccc3c(ccn3C)c1)C2. The van der Waals surface area contributed by atoms with Crippen LogP contribution < -0.4 is 4.90 Å². The summed E-state index contributed by atoms with van der Waals surface area (Å²) in [6.07, 6.45) is 6.05. The van der Waals surface area contributed by atoms with Crippen molar-refractivity contribution in [3.63, 3.8) is 0 Å². The standard InChI is InChI=1S/C20H18N2O/c1-3-4-14-5-6-16-13-22(20(23)18(16)11-14)17-7-8-19-15(12-17)9-10-21(19)2/h3-12H,13H2,1-2H3/b4-3+. The Morgan fingerprint density at radius 3 is 2.78 bits per heavy atom. The van der Waals surface area contributed by atoms with E-state index in [1.54, 1.807) is 0 Å². The van der Waals surface area contributed by atoms with Gasteiger partial charge in [-0.25, -0.2) is 0 Å². The number of aromatic nitrogens is 1. The van der Waals surface area contributed by atoms with E-state index in [9.17, 15) is 4.79 Å². The predicted octanol–water partition coefficient (Wildman–Crippen LogP) is 4.37. The van der Waals surface area contributed by atoms with Gasteiger partial charge in [0, 0.05) is 35.4 Å². The molecule has 114 valence electrons. The van der Waals surface area contributed by atoms with Crippen LogP contribution in [0.2, 0.25) is 0 Å². The van der Waals surface area contributed by atoms with Crippen LogP contribution in [0.15, 0.2) is 54.7 Å². The third-order valence-electron chi connectivity index (χ3n) is 4.48. The van der Waals surface area contributed by atoms with Crippen molar-refractivity contribution in [2.75, 3.05) is 4.90 Å². The van der Waals surface area contributed by atoms with Crippen LogP contribution in [0.4, 0.5) is 5.69 Å². The Hall–Kier alpha value is -2.81. The zero-order valence-electron chi connectivity index (χ0n) is 13.3. The summed E-state index contributed by atoms with van der Waals surface area (Å²) >= 11 is 0. The van der Waals surface area contributed by atoms with Crippen LogP contribution in [0.1, 0.15) is 28.4 Å². The first-order valence-electron chi connectivity index (χ1n) is 7.80. The van der Waals surface area contributed by atoms with Gasteiger partial charge in [0.15, 0.2) is 0 Å². The highest BCUT2D eigenvalue weighted by atomic mass is 16.2. The topological polar surface area (TPSA) is 25.2 Å². The molecule has 0 saturated heterocycles. The molecule has 1 aliphatic rings. The van der Waals surface area contributed by atoms with Crippen molar-refractivity contribution >= 4 is 28.6 Å². The van der Waals surface area contributed by atoms with Gasteiger partial charge in [-0.2, -0.15) is 0 Å². The van der Waals surface area contributed by atoms with Gasteiger partial charge < -0.3 is 9.47 Å². The maximum Gasteiger partial charge on any atom is 0.258 e. The lowest BCUT2D eigenvalue weighted by atomic mass is 10.1. The molecular formula is C20H18N2O. The number of rotatable bonds is 2. The summed E-state index contributed by atoms with van der Waals surface area (Å²) < 4.78 is 2.09. The van der Waals surface area contributed by atoms with Crippen LogP contribution in [-0.2, 0) is 13.6 Å². The van der Waals surface area contributed by atoms with Gasteiger partial charge >= 0.3 is 0 Å². The molecule has 3 aromatic rings. The number of nitrogens with zero attached hydrogens (tertiary/aromatic N) is 2. The highest BCUT2D eigenvalue weighted by Crippen LogP contribution is 2.31. The van der Waals surface area contributed by atoms with E-state index >= 15 is 0 Å². The molecule has 3 nitrogen and oxygen atoms in total. The lowest BCUT2D eigenvalue weighted by Gasteiger charge is -2.16. The second-order valence-corrected chi connectivity index (χ2v) is 5.98. The van der Waals surface area contributed by atoms with Crippen molar-refractivity contribution < 1.29 is 4.79 Å². The van der Waals surface area contributed by atoms with Crippen LogP contribution in [0, 0.1) is 0 Å². The summed E-state index contributed by atoms with van der Waals surface area (Å²) in [4.78, 5) is 14.6. The fourth-order valence-electron chi connectivity index (χ4n) is 3.26. The number of amides is 1. The Morgan fingerprint density at radius 1 is 1.09 bits per heavy atom. The fourth-order valence-corrected chi connectivity index (χ4v) is 3.26. The number of anilines is 1. The van der Waals surface area contributed by atoms with Crippen molar-refractivity contribution in [1.82, 2.24) is 4.57 Å². The summed E-state index contributed by atoms with van der Waals surface area (Å²) in [6, 6.07) is 14.4. The molecule has 0 bridgehead atoms. The number of fused-ring (bicyclic) bond motifs is 2. The van der Waals surface area contributed by atoms with Gasteiger partial charge in [-0.3, -0.25) is 4.79 Å². The second-order valence-electron chi connectivity index (χ2n) is 5.98. The monoisotopic (exact) mass is 302 g/mol. The third kappa shape index (κ3) is 2.16. The van der Waals surface area contributed by atoms with E-state index in [0.29, 0.717) is 6.54 Å². The van der Waals surface area contributed by atoms with Crippen molar-refractivity contribution in [3.8, 4) is 0 Å². The zero-order chi connectivity index (χ0) is 16.0. The van der Waals surface area contributed by atoms with Crippen LogP contribution in [0.3, 0.4) is 0 Å². The molecule has 0 aliphatic carbocycles. The molecule has 1 aliphatic heterocycles. The minimum absolute atomic E-state index is 0.0848. The van der Waals surface area contributed by atoms with Gasteiger partial charge in [0.2, 0.25) is 0 Å². The van der Waals surface area contributed by atoms with Crippen molar-refractivity contribution in [1.29, 1.82) is 0 Å². The fraction of sp³-hybridized carbons (Fsp3) is 0.150. The highest BCUT2D eigenvalue weighted by molar-refractivity contribution is 6.10. The summed E-state index contributed by atoms with van der Waals surface area (Å²) in [5.74, 6) is 0.0848. The molecule has 1 aromatic heterocycles. The lowest BCUT2D eigenvalue weighted by Crippen LogP contribution is -2.22. The minimum Gasteiger partial charge on any atom is -0.351 e. The van der Waals surface area contributed by atoms with Crippen LogP contribution >= 0.6 is 0 Å². The molecule has 3 heteroatoms. The molecule has 4 rings (SSSR count). The zero-order valence-corrected chi connectivity index (χ0v) is 13.3. The number of carbonyl (C=O) groups is 1.